The number of hydrogen-bond acceptors (Lipinski definition) is 9. The first-order chi connectivity index (χ1) is 23.7. The van der Waals surface area contributed by atoms with Crippen LogP contribution in [0.5, 0.6) is 11.5 Å². The summed E-state index contributed by atoms with van der Waals surface area (Å²) < 4.78 is 12.8. The Morgan fingerprint density at radius 1 is 0.959 bits per heavy atom. The van der Waals surface area contributed by atoms with Gasteiger partial charge in [-0.1, -0.05) is 42.5 Å². The Morgan fingerprint density at radius 3 is 2.37 bits per heavy atom. The first-order valence-electron chi connectivity index (χ1n) is 16.8. The Labute approximate surface area is 283 Å². The molecule has 252 valence electrons. The third kappa shape index (κ3) is 5.19. The first-order valence-corrected chi connectivity index (χ1v) is 16.8. The normalized spacial score (nSPS) is 26.3. The molecule has 0 saturated carbocycles. The SMILES string of the molecule is CN1CC[C@]23c4c5ccc(OCCCNC(=O)c6ccc(-c7ccc(C(=O)ON8C(=O)CCC8=O)cc7)cc6)c4O[C@H]2[C@@H](O)C=CC3[C@H]1C5. The Balaban J connectivity index is 0.847. The molecule has 0 radical (unpaired) electrons. The van der Waals surface area contributed by atoms with Crippen LogP contribution in [0.1, 0.15) is 57.5 Å². The number of imide groups is 1. The van der Waals surface area contributed by atoms with Gasteiger partial charge in [0.05, 0.1) is 12.2 Å². The number of rotatable bonds is 9. The number of carbonyl (C=O) groups is 4. The average molecular weight is 664 g/mol. The van der Waals surface area contributed by atoms with Gasteiger partial charge in [-0.3, -0.25) is 14.4 Å². The molecular formula is C38H37N3O8. The Morgan fingerprint density at radius 2 is 1.65 bits per heavy atom. The van der Waals surface area contributed by atoms with Gasteiger partial charge in [-0.15, -0.1) is 5.06 Å². The zero-order valence-corrected chi connectivity index (χ0v) is 27.1. The molecule has 3 heterocycles. The van der Waals surface area contributed by atoms with Gasteiger partial charge in [-0.2, -0.15) is 0 Å². The van der Waals surface area contributed by atoms with E-state index in [9.17, 15) is 24.3 Å². The molecule has 2 N–H and O–H groups in total. The van der Waals surface area contributed by atoms with Crippen molar-refractivity contribution >= 4 is 23.7 Å². The van der Waals surface area contributed by atoms with E-state index in [1.165, 1.54) is 11.1 Å². The molecule has 5 atom stereocenters. The quantitative estimate of drug-likeness (QED) is 0.200. The van der Waals surface area contributed by atoms with E-state index in [-0.39, 0.29) is 35.8 Å². The fraction of sp³-hybridized carbons (Fsp3) is 0.368. The lowest BCUT2D eigenvalue weighted by Crippen LogP contribution is -2.64. The van der Waals surface area contributed by atoms with E-state index in [0.717, 1.165) is 36.3 Å². The highest BCUT2D eigenvalue weighted by Crippen LogP contribution is 2.62. The van der Waals surface area contributed by atoms with Crippen molar-refractivity contribution in [3.63, 3.8) is 0 Å². The zero-order chi connectivity index (χ0) is 33.9. The number of amides is 3. The predicted octanol–water partition coefficient (Wildman–Crippen LogP) is 3.58. The molecule has 1 spiro atoms. The molecule has 3 aromatic rings. The van der Waals surface area contributed by atoms with Gasteiger partial charge in [-0.05, 0) is 79.9 Å². The molecule has 3 aliphatic heterocycles. The summed E-state index contributed by atoms with van der Waals surface area (Å²) in [5.74, 6) is -0.285. The van der Waals surface area contributed by atoms with Crippen LogP contribution in [0.15, 0.2) is 72.8 Å². The van der Waals surface area contributed by atoms with E-state index < -0.39 is 23.9 Å². The van der Waals surface area contributed by atoms with Crippen molar-refractivity contribution < 1.29 is 38.6 Å². The summed E-state index contributed by atoms with van der Waals surface area (Å²) in [6, 6.07) is 18.2. The van der Waals surface area contributed by atoms with Crippen molar-refractivity contribution in [3.05, 3.63) is 95.1 Å². The minimum Gasteiger partial charge on any atom is -0.490 e. The second-order valence-electron chi connectivity index (χ2n) is 13.5. The van der Waals surface area contributed by atoms with Gasteiger partial charge in [-0.25, -0.2) is 4.79 Å². The van der Waals surface area contributed by atoms with E-state index in [1.807, 2.05) is 24.3 Å². The maximum atomic E-state index is 12.9. The lowest BCUT2D eigenvalue weighted by atomic mass is 9.53. The Bertz CT molecular complexity index is 1860. The van der Waals surface area contributed by atoms with Gasteiger partial charge in [0.2, 0.25) is 0 Å². The largest absolute Gasteiger partial charge is 0.490 e. The number of benzene rings is 3. The van der Waals surface area contributed by atoms with Crippen molar-refractivity contribution in [1.82, 2.24) is 15.3 Å². The Hall–Kier alpha value is -5.00. The molecule has 2 saturated heterocycles. The summed E-state index contributed by atoms with van der Waals surface area (Å²) in [6.45, 7) is 1.79. The van der Waals surface area contributed by atoms with Crippen LogP contribution in [0.2, 0.25) is 0 Å². The number of nitrogens with zero attached hydrogens (tertiary/aromatic N) is 2. The second kappa shape index (κ2) is 12.2. The van der Waals surface area contributed by atoms with Crippen molar-refractivity contribution in [1.29, 1.82) is 0 Å². The molecule has 49 heavy (non-hydrogen) atoms. The fourth-order valence-electron chi connectivity index (χ4n) is 8.31. The van der Waals surface area contributed by atoms with Crippen LogP contribution in [0.3, 0.4) is 0 Å². The summed E-state index contributed by atoms with van der Waals surface area (Å²) in [5, 5.41) is 14.4. The molecule has 1 unspecified atom stereocenters. The predicted molar refractivity (Wildman–Crippen MR) is 177 cm³/mol. The topological polar surface area (TPSA) is 135 Å². The smallest absolute Gasteiger partial charge is 0.363 e. The molecule has 3 amide bonds. The summed E-state index contributed by atoms with van der Waals surface area (Å²) in [6.07, 6.45) is 5.68. The van der Waals surface area contributed by atoms with Crippen LogP contribution in [0.4, 0.5) is 0 Å². The number of aliphatic hydroxyl groups is 1. The van der Waals surface area contributed by atoms with Gasteiger partial charge in [0.1, 0.15) is 12.2 Å². The van der Waals surface area contributed by atoms with Gasteiger partial charge in [0.15, 0.2) is 11.5 Å². The van der Waals surface area contributed by atoms with Crippen LogP contribution >= 0.6 is 0 Å². The minimum atomic E-state index is -0.786. The highest BCUT2D eigenvalue weighted by atomic mass is 16.7. The highest BCUT2D eigenvalue weighted by molar-refractivity contribution is 6.02. The van der Waals surface area contributed by atoms with E-state index in [0.29, 0.717) is 47.9 Å². The molecule has 5 aliphatic rings. The second-order valence-corrected chi connectivity index (χ2v) is 13.5. The minimum absolute atomic E-state index is 0.0327. The number of carbonyl (C=O) groups excluding carboxylic acids is 4. The van der Waals surface area contributed by atoms with Crippen LogP contribution < -0.4 is 14.8 Å². The van der Waals surface area contributed by atoms with Crippen molar-refractivity contribution in [3.8, 4) is 22.6 Å². The van der Waals surface area contributed by atoms with Gasteiger partial charge in [0, 0.05) is 47.9 Å². The third-order valence-electron chi connectivity index (χ3n) is 10.8. The van der Waals surface area contributed by atoms with E-state index in [1.54, 1.807) is 36.4 Å². The lowest BCUT2D eigenvalue weighted by molar-refractivity contribution is -0.172. The Kier molecular flexibility index (Phi) is 7.76. The van der Waals surface area contributed by atoms with E-state index >= 15 is 0 Å². The molecule has 8 rings (SSSR count). The molecule has 3 aromatic carbocycles. The summed E-state index contributed by atoms with van der Waals surface area (Å²) in [5.41, 5.74) is 4.66. The first kappa shape index (κ1) is 31.3. The number of hydroxylamine groups is 2. The maximum Gasteiger partial charge on any atom is 0.363 e. The van der Waals surface area contributed by atoms with Crippen molar-refractivity contribution in [2.24, 2.45) is 5.92 Å². The number of nitrogens with one attached hydrogen (secondary N) is 1. The third-order valence-corrected chi connectivity index (χ3v) is 10.8. The molecule has 0 aromatic heterocycles. The average Bonchev–Trinajstić information content (AvgIpc) is 3.64. The van der Waals surface area contributed by atoms with Gasteiger partial charge in [0.25, 0.3) is 17.7 Å². The molecule has 2 fully saturated rings. The van der Waals surface area contributed by atoms with Crippen LogP contribution in [-0.2, 0) is 26.3 Å². The fourth-order valence-corrected chi connectivity index (χ4v) is 8.31. The maximum absolute atomic E-state index is 12.9. The number of ether oxygens (including phenoxy) is 2. The monoisotopic (exact) mass is 663 g/mol. The van der Waals surface area contributed by atoms with Crippen LogP contribution in [-0.4, -0.2) is 83.8 Å². The van der Waals surface area contributed by atoms with Gasteiger partial charge < -0.3 is 29.6 Å². The van der Waals surface area contributed by atoms with Crippen LogP contribution in [0, 0.1) is 5.92 Å². The van der Waals surface area contributed by atoms with E-state index in [2.05, 4.69) is 29.4 Å². The number of likely N-dealkylation sites (tertiary alicyclic amines) is 1. The molecule has 11 nitrogen and oxygen atoms in total. The number of aliphatic hydroxyl groups excluding tert-OH is 1. The molecule has 2 bridgehead atoms. The molecular weight excluding hydrogens is 626 g/mol. The molecule has 11 heteroatoms. The molecule has 2 aliphatic carbocycles. The zero-order valence-electron chi connectivity index (χ0n) is 27.1. The van der Waals surface area contributed by atoms with Crippen molar-refractivity contribution in [2.45, 2.75) is 55.8 Å². The number of piperidine rings is 1. The standard InChI is InChI=1S/C38H37N3O8/c1-40-19-17-38-27-12-13-29(42)35(38)48-34-30(14-11-26(33(34)38)21-28(27)40)47-20-2-18-39-36(45)24-7-3-22(4-8-24)23-5-9-25(10-6-23)37(46)49-41-31(43)15-16-32(41)44/h3-14,27-29,35,42H,2,15-21H2,1H3,(H,39,45)/t27?,28-,29+,35+,38+/m1/s1. The highest BCUT2D eigenvalue weighted by Gasteiger charge is 2.64. The summed E-state index contributed by atoms with van der Waals surface area (Å²) >= 11 is 0. The van der Waals surface area contributed by atoms with Crippen molar-refractivity contribution in [2.75, 3.05) is 26.7 Å². The number of likely N-dealkylation sites (N-methyl/N-ethyl adjacent to an activating group) is 1. The van der Waals surface area contributed by atoms with Gasteiger partial charge >= 0.3 is 5.97 Å². The lowest BCUT2D eigenvalue weighted by Gasteiger charge is -2.56. The summed E-state index contributed by atoms with van der Waals surface area (Å²) in [7, 11) is 2.19. The number of hydrogen-bond donors (Lipinski definition) is 2. The summed E-state index contributed by atoms with van der Waals surface area (Å²) in [4.78, 5) is 56.1. The van der Waals surface area contributed by atoms with E-state index in [4.69, 9.17) is 14.3 Å². The van der Waals surface area contributed by atoms with Crippen LogP contribution in [0.25, 0.3) is 11.1 Å².